The third-order valence-corrected chi connectivity index (χ3v) is 4.23. The van der Waals surface area contributed by atoms with Gasteiger partial charge >= 0.3 is 5.97 Å². The third kappa shape index (κ3) is 2.90. The Kier molecular flexibility index (Phi) is 4.65. The Morgan fingerprint density at radius 2 is 2.19 bits per heavy atom. The van der Waals surface area contributed by atoms with E-state index in [0.717, 1.165) is 6.42 Å². The Morgan fingerprint density at radius 3 is 2.69 bits per heavy atom. The van der Waals surface area contributed by atoms with E-state index < -0.39 is 12.0 Å². The van der Waals surface area contributed by atoms with Gasteiger partial charge in [0.25, 0.3) is 0 Å². The molecule has 1 aliphatic heterocycles. The van der Waals surface area contributed by atoms with Crippen LogP contribution in [0.1, 0.15) is 33.6 Å². The number of hydrogen-bond acceptors (Lipinski definition) is 3. The molecule has 0 saturated carbocycles. The minimum absolute atomic E-state index is 0.0161. The Balaban J connectivity index is 2.68. The largest absolute Gasteiger partial charge is 0.480 e. The van der Waals surface area contributed by atoms with Crippen molar-refractivity contribution in [1.82, 2.24) is 4.90 Å². The first kappa shape index (κ1) is 13.4. The summed E-state index contributed by atoms with van der Waals surface area (Å²) in [5.41, 5.74) is 0. The molecule has 0 aromatic heterocycles. The number of aliphatic carboxylic acids is 1. The second-order valence-electron chi connectivity index (χ2n) is 4.31. The van der Waals surface area contributed by atoms with Crippen LogP contribution in [0.5, 0.6) is 0 Å². The van der Waals surface area contributed by atoms with E-state index in [1.54, 1.807) is 0 Å². The number of thioether (sulfide) groups is 1. The summed E-state index contributed by atoms with van der Waals surface area (Å²) in [4.78, 5) is 24.5. The van der Waals surface area contributed by atoms with Crippen LogP contribution in [-0.2, 0) is 9.59 Å². The lowest BCUT2D eigenvalue weighted by Crippen LogP contribution is -2.45. The van der Waals surface area contributed by atoms with Gasteiger partial charge < -0.3 is 10.0 Å². The number of nitrogens with zero attached hydrogens (tertiary/aromatic N) is 1. The highest BCUT2D eigenvalue weighted by molar-refractivity contribution is 8.00. The van der Waals surface area contributed by atoms with E-state index in [4.69, 9.17) is 5.11 Å². The first-order valence-electron chi connectivity index (χ1n) is 5.63. The molecule has 3 atom stereocenters. The third-order valence-electron chi connectivity index (χ3n) is 3.02. The van der Waals surface area contributed by atoms with E-state index in [1.807, 2.05) is 20.8 Å². The highest BCUT2D eigenvalue weighted by Crippen LogP contribution is 2.30. The predicted octanol–water partition coefficient (Wildman–Crippen LogP) is 1.80. The Morgan fingerprint density at radius 1 is 1.56 bits per heavy atom. The van der Waals surface area contributed by atoms with Gasteiger partial charge in [-0.3, -0.25) is 4.79 Å². The van der Waals surface area contributed by atoms with Crippen LogP contribution in [0.15, 0.2) is 0 Å². The highest BCUT2D eigenvalue weighted by Gasteiger charge is 2.39. The predicted molar refractivity (Wildman–Crippen MR) is 64.3 cm³/mol. The van der Waals surface area contributed by atoms with Gasteiger partial charge in [-0.05, 0) is 12.8 Å². The number of carbonyl (C=O) groups excluding carboxylic acids is 1. The van der Waals surface area contributed by atoms with Crippen molar-refractivity contribution in [3.63, 3.8) is 0 Å². The van der Waals surface area contributed by atoms with Crippen LogP contribution in [-0.4, -0.2) is 39.1 Å². The Hall–Kier alpha value is -0.710. The van der Waals surface area contributed by atoms with Crippen LogP contribution >= 0.6 is 11.8 Å². The van der Waals surface area contributed by atoms with Crippen LogP contribution in [0.2, 0.25) is 0 Å². The van der Waals surface area contributed by atoms with Gasteiger partial charge in [-0.15, -0.1) is 11.8 Å². The summed E-state index contributed by atoms with van der Waals surface area (Å²) in [6.07, 6.45) is 1.39. The topological polar surface area (TPSA) is 57.6 Å². The zero-order valence-corrected chi connectivity index (χ0v) is 10.8. The van der Waals surface area contributed by atoms with Gasteiger partial charge in [-0.2, -0.15) is 0 Å². The molecule has 3 unspecified atom stereocenters. The highest BCUT2D eigenvalue weighted by atomic mass is 32.2. The fourth-order valence-electron chi connectivity index (χ4n) is 1.76. The molecular formula is C11H19NO3S. The van der Waals surface area contributed by atoms with Crippen LogP contribution in [0.3, 0.4) is 0 Å². The van der Waals surface area contributed by atoms with Crippen LogP contribution < -0.4 is 0 Å². The lowest BCUT2D eigenvalue weighted by molar-refractivity contribution is -0.149. The number of rotatable bonds is 4. The summed E-state index contributed by atoms with van der Waals surface area (Å²) in [6.45, 7) is 5.94. The van der Waals surface area contributed by atoms with E-state index in [0.29, 0.717) is 18.1 Å². The van der Waals surface area contributed by atoms with Gasteiger partial charge in [0.1, 0.15) is 6.04 Å². The number of amides is 1. The molecule has 4 nitrogen and oxygen atoms in total. The lowest BCUT2D eigenvalue weighted by Gasteiger charge is -2.26. The fourth-order valence-corrected chi connectivity index (χ4v) is 2.95. The van der Waals surface area contributed by atoms with Crippen molar-refractivity contribution in [3.8, 4) is 0 Å². The van der Waals surface area contributed by atoms with Crippen LogP contribution in [0.4, 0.5) is 0 Å². The van der Waals surface area contributed by atoms with Crippen molar-refractivity contribution in [1.29, 1.82) is 0 Å². The van der Waals surface area contributed by atoms with Crippen molar-refractivity contribution in [2.24, 2.45) is 5.92 Å². The normalized spacial score (nSPS) is 26.8. The molecule has 0 aromatic carbocycles. The standard InChI is InChI=1S/C11H19NO3S/c1-4-7(2)5-10(13)12-8(3)16-6-9(12)11(14)15/h7-9H,4-6H2,1-3H3,(H,14,15). The Labute approximate surface area is 100 Å². The minimum atomic E-state index is -0.894. The molecule has 92 valence electrons. The average Bonchev–Trinajstić information content (AvgIpc) is 2.59. The number of hydrogen-bond donors (Lipinski definition) is 1. The second-order valence-corrected chi connectivity index (χ2v) is 5.65. The van der Waals surface area contributed by atoms with Crippen molar-refractivity contribution in [2.45, 2.75) is 45.0 Å². The van der Waals surface area contributed by atoms with Gasteiger partial charge in [-0.25, -0.2) is 4.79 Å². The zero-order chi connectivity index (χ0) is 12.3. The average molecular weight is 245 g/mol. The molecule has 1 saturated heterocycles. The molecule has 1 amide bonds. The fraction of sp³-hybridized carbons (Fsp3) is 0.818. The van der Waals surface area contributed by atoms with Gasteiger partial charge in [0, 0.05) is 12.2 Å². The zero-order valence-electron chi connectivity index (χ0n) is 9.97. The maximum atomic E-state index is 12.0. The molecule has 0 aromatic rings. The van der Waals surface area contributed by atoms with Crippen LogP contribution in [0.25, 0.3) is 0 Å². The van der Waals surface area contributed by atoms with Gasteiger partial charge in [-0.1, -0.05) is 20.3 Å². The maximum absolute atomic E-state index is 12.0. The molecule has 5 heteroatoms. The summed E-state index contributed by atoms with van der Waals surface area (Å²) < 4.78 is 0. The molecule has 1 N–H and O–H groups in total. The lowest BCUT2D eigenvalue weighted by atomic mass is 10.0. The molecule has 0 spiro atoms. The van der Waals surface area contributed by atoms with Crippen molar-refractivity contribution >= 4 is 23.6 Å². The molecule has 0 radical (unpaired) electrons. The summed E-state index contributed by atoms with van der Waals surface area (Å²) in [6, 6.07) is -0.642. The maximum Gasteiger partial charge on any atom is 0.327 e. The number of carboxylic acids is 1. The molecule has 16 heavy (non-hydrogen) atoms. The molecular weight excluding hydrogens is 226 g/mol. The Bertz CT molecular complexity index is 282. The van der Waals surface area contributed by atoms with Gasteiger partial charge in [0.2, 0.25) is 5.91 Å². The summed E-state index contributed by atoms with van der Waals surface area (Å²) in [7, 11) is 0. The van der Waals surface area contributed by atoms with E-state index in [-0.39, 0.29) is 11.3 Å². The number of carbonyl (C=O) groups is 2. The van der Waals surface area contributed by atoms with Crippen molar-refractivity contribution < 1.29 is 14.7 Å². The first-order valence-corrected chi connectivity index (χ1v) is 6.67. The summed E-state index contributed by atoms with van der Waals surface area (Å²) in [5, 5.41) is 9.02. The monoisotopic (exact) mass is 245 g/mol. The summed E-state index contributed by atoms with van der Waals surface area (Å²) >= 11 is 1.53. The first-order chi connectivity index (χ1) is 7.47. The summed E-state index contributed by atoms with van der Waals surface area (Å²) in [5.74, 6) is -0.101. The SMILES string of the molecule is CCC(C)CC(=O)N1C(C)SCC1C(=O)O. The van der Waals surface area contributed by atoms with Crippen molar-refractivity contribution in [3.05, 3.63) is 0 Å². The molecule has 0 bridgehead atoms. The minimum Gasteiger partial charge on any atom is -0.480 e. The van der Waals surface area contributed by atoms with Gasteiger partial charge in [0.15, 0.2) is 0 Å². The number of carboxylic acid groups (broad SMARTS) is 1. The molecule has 1 fully saturated rings. The van der Waals surface area contributed by atoms with Gasteiger partial charge in [0.05, 0.1) is 5.37 Å². The second kappa shape index (κ2) is 5.57. The quantitative estimate of drug-likeness (QED) is 0.820. The molecule has 0 aliphatic carbocycles. The molecule has 1 heterocycles. The molecule has 1 rings (SSSR count). The van der Waals surface area contributed by atoms with Crippen molar-refractivity contribution in [2.75, 3.05) is 5.75 Å². The van der Waals surface area contributed by atoms with Crippen LogP contribution in [0, 0.1) is 5.92 Å². The van der Waals surface area contributed by atoms with E-state index in [1.165, 1.54) is 16.7 Å². The van der Waals surface area contributed by atoms with E-state index in [9.17, 15) is 9.59 Å². The smallest absolute Gasteiger partial charge is 0.327 e. The van der Waals surface area contributed by atoms with E-state index >= 15 is 0 Å². The molecule has 1 aliphatic rings. The van der Waals surface area contributed by atoms with E-state index in [2.05, 4.69) is 0 Å².